The van der Waals surface area contributed by atoms with Crippen LogP contribution in [0, 0.1) is 0 Å². The van der Waals surface area contributed by atoms with E-state index in [0.29, 0.717) is 11.4 Å². The number of rotatable bonds is 7. The summed E-state index contributed by atoms with van der Waals surface area (Å²) in [5.74, 6) is -5.16. The first-order valence-electron chi connectivity index (χ1n) is 8.26. The average Bonchev–Trinajstić information content (AvgIpc) is 2.60. The smallest absolute Gasteiger partial charge is 0.407 e. The fourth-order valence-corrected chi connectivity index (χ4v) is 3.08. The van der Waals surface area contributed by atoms with E-state index in [1.165, 1.54) is 23.9 Å². The molecule has 0 N–H and O–H groups in total. The van der Waals surface area contributed by atoms with Gasteiger partial charge in [-0.25, -0.2) is 4.98 Å². The molecule has 2 rings (SSSR count). The number of aromatic nitrogens is 2. The number of aryl methyl sites for hydroxylation is 1. The summed E-state index contributed by atoms with van der Waals surface area (Å²) in [7, 11) is 0. The van der Waals surface area contributed by atoms with Crippen molar-refractivity contribution in [3.63, 3.8) is 0 Å². The van der Waals surface area contributed by atoms with Crippen LogP contribution in [0.15, 0.2) is 35.4 Å². The molecule has 0 bridgehead atoms. The van der Waals surface area contributed by atoms with E-state index in [4.69, 9.17) is 4.74 Å². The highest BCUT2D eigenvalue weighted by Crippen LogP contribution is 2.39. The van der Waals surface area contributed by atoms with E-state index in [9.17, 15) is 26.7 Å². The fourth-order valence-electron chi connectivity index (χ4n) is 2.30. The summed E-state index contributed by atoms with van der Waals surface area (Å²) in [5.41, 5.74) is 0.789. The molecule has 10 heteroatoms. The summed E-state index contributed by atoms with van der Waals surface area (Å²) in [6, 6.07) is 6.34. The van der Waals surface area contributed by atoms with Crippen LogP contribution >= 0.6 is 11.8 Å². The molecule has 0 unspecified atom stereocenters. The van der Waals surface area contributed by atoms with Crippen LogP contribution in [0.5, 0.6) is 5.88 Å². The minimum atomic E-state index is -5.65. The molecule has 152 valence electrons. The van der Waals surface area contributed by atoms with Gasteiger partial charge >= 0.3 is 18.1 Å². The van der Waals surface area contributed by atoms with Gasteiger partial charge in [-0.3, -0.25) is 9.78 Å². The van der Waals surface area contributed by atoms with Crippen molar-refractivity contribution in [2.45, 2.75) is 43.7 Å². The Hall–Kier alpha value is -2.23. The van der Waals surface area contributed by atoms with Crippen molar-refractivity contribution < 1.29 is 31.5 Å². The van der Waals surface area contributed by atoms with E-state index in [0.717, 1.165) is 17.6 Å². The van der Waals surface area contributed by atoms with Gasteiger partial charge in [0.25, 0.3) is 0 Å². The maximum Gasteiger partial charge on any atom is 0.453 e. The lowest BCUT2D eigenvalue weighted by atomic mass is 10.1. The lowest BCUT2D eigenvalue weighted by Crippen LogP contribution is -2.36. The van der Waals surface area contributed by atoms with Crippen LogP contribution in [0.3, 0.4) is 0 Å². The molecular formula is C18H17F5N2O2S. The number of nitrogens with zero attached hydrogens (tertiary/aromatic N) is 2. The van der Waals surface area contributed by atoms with E-state index >= 15 is 0 Å². The van der Waals surface area contributed by atoms with Crippen LogP contribution in [0.2, 0.25) is 0 Å². The number of halogens is 5. The minimum Gasteiger partial charge on any atom is -0.407 e. The number of esters is 1. The van der Waals surface area contributed by atoms with Crippen molar-refractivity contribution in [2.24, 2.45) is 0 Å². The first kappa shape index (κ1) is 22.1. The van der Waals surface area contributed by atoms with Gasteiger partial charge in [-0.2, -0.15) is 22.0 Å². The maximum absolute atomic E-state index is 13.2. The fraction of sp³-hybridized carbons (Fsp3) is 0.389. The molecule has 0 saturated heterocycles. The highest BCUT2D eigenvalue weighted by molar-refractivity contribution is 7.99. The third kappa shape index (κ3) is 5.40. The molecule has 2 aromatic heterocycles. The molecule has 0 radical (unpaired) electrons. The molecule has 0 atom stereocenters. The number of alkyl halides is 5. The molecule has 0 aliphatic carbocycles. The number of carbonyl (C=O) groups excluding carboxylic acids is 1. The SMILES string of the molecule is CCSc1cccnc1-c1ccc(CCC(F)(F)C(F)(F)F)c(OC(C)=O)n1. The summed E-state index contributed by atoms with van der Waals surface area (Å²) in [4.78, 5) is 20.5. The van der Waals surface area contributed by atoms with Crippen molar-refractivity contribution in [1.82, 2.24) is 9.97 Å². The first-order valence-corrected chi connectivity index (χ1v) is 9.24. The Morgan fingerprint density at radius 1 is 1.18 bits per heavy atom. The Labute approximate surface area is 162 Å². The quantitative estimate of drug-likeness (QED) is 0.345. The minimum absolute atomic E-state index is 0.0245. The summed E-state index contributed by atoms with van der Waals surface area (Å²) in [6.07, 6.45) is -6.25. The second kappa shape index (κ2) is 8.85. The largest absolute Gasteiger partial charge is 0.453 e. The number of hydrogen-bond acceptors (Lipinski definition) is 5. The lowest BCUT2D eigenvalue weighted by Gasteiger charge is -2.20. The second-order valence-electron chi connectivity index (χ2n) is 5.74. The molecule has 0 saturated carbocycles. The Morgan fingerprint density at radius 3 is 2.50 bits per heavy atom. The zero-order valence-electron chi connectivity index (χ0n) is 15.0. The van der Waals surface area contributed by atoms with E-state index < -0.39 is 30.9 Å². The van der Waals surface area contributed by atoms with Crippen LogP contribution in [0.1, 0.15) is 25.8 Å². The van der Waals surface area contributed by atoms with Crippen molar-refractivity contribution in [3.05, 3.63) is 36.0 Å². The molecule has 0 aliphatic rings. The predicted molar refractivity (Wildman–Crippen MR) is 94.5 cm³/mol. The topological polar surface area (TPSA) is 52.1 Å². The van der Waals surface area contributed by atoms with Gasteiger partial charge in [0, 0.05) is 30.0 Å². The van der Waals surface area contributed by atoms with Gasteiger partial charge in [-0.15, -0.1) is 11.8 Å². The van der Waals surface area contributed by atoms with Crippen LogP contribution in [-0.4, -0.2) is 33.8 Å². The van der Waals surface area contributed by atoms with E-state index in [1.807, 2.05) is 13.0 Å². The Balaban J connectivity index is 2.38. The first-order chi connectivity index (χ1) is 13.0. The Morgan fingerprint density at radius 2 is 1.89 bits per heavy atom. The summed E-state index contributed by atoms with van der Waals surface area (Å²) < 4.78 is 68.6. The molecule has 2 aromatic rings. The second-order valence-corrected chi connectivity index (χ2v) is 7.05. The molecule has 2 heterocycles. The molecule has 0 amide bonds. The number of hydrogen-bond donors (Lipinski definition) is 0. The lowest BCUT2D eigenvalue weighted by molar-refractivity contribution is -0.284. The van der Waals surface area contributed by atoms with Gasteiger partial charge in [0.2, 0.25) is 5.88 Å². The van der Waals surface area contributed by atoms with Gasteiger partial charge in [-0.05, 0) is 30.4 Å². The molecule has 0 aromatic carbocycles. The average molecular weight is 420 g/mol. The van der Waals surface area contributed by atoms with Crippen molar-refractivity contribution in [1.29, 1.82) is 0 Å². The van der Waals surface area contributed by atoms with Crippen LogP contribution in [0.4, 0.5) is 22.0 Å². The normalized spacial score (nSPS) is 12.1. The number of carbonyl (C=O) groups is 1. The van der Waals surface area contributed by atoms with Gasteiger partial charge in [0.05, 0.1) is 5.69 Å². The van der Waals surface area contributed by atoms with E-state index in [2.05, 4.69) is 9.97 Å². The molecule has 28 heavy (non-hydrogen) atoms. The van der Waals surface area contributed by atoms with Gasteiger partial charge in [0.15, 0.2) is 0 Å². The van der Waals surface area contributed by atoms with Crippen LogP contribution in [-0.2, 0) is 11.2 Å². The van der Waals surface area contributed by atoms with Crippen molar-refractivity contribution in [3.8, 4) is 17.3 Å². The predicted octanol–water partition coefficient (Wildman–Crippen LogP) is 5.31. The third-order valence-electron chi connectivity index (χ3n) is 3.62. The highest BCUT2D eigenvalue weighted by Gasteiger charge is 2.56. The Kier molecular flexibility index (Phi) is 6.97. The van der Waals surface area contributed by atoms with E-state index in [-0.39, 0.29) is 11.4 Å². The summed E-state index contributed by atoms with van der Waals surface area (Å²) in [5, 5.41) is 0. The van der Waals surface area contributed by atoms with Gasteiger partial charge in [-0.1, -0.05) is 13.0 Å². The monoisotopic (exact) mass is 420 g/mol. The number of pyridine rings is 2. The maximum atomic E-state index is 13.2. The van der Waals surface area contributed by atoms with Crippen molar-refractivity contribution >= 4 is 17.7 Å². The third-order valence-corrected chi connectivity index (χ3v) is 4.54. The van der Waals surface area contributed by atoms with E-state index in [1.54, 1.807) is 12.3 Å². The van der Waals surface area contributed by atoms with Gasteiger partial charge < -0.3 is 4.74 Å². The number of thioether (sulfide) groups is 1. The van der Waals surface area contributed by atoms with Gasteiger partial charge in [0.1, 0.15) is 5.69 Å². The summed E-state index contributed by atoms with van der Waals surface area (Å²) >= 11 is 1.50. The molecule has 0 aliphatic heterocycles. The summed E-state index contributed by atoms with van der Waals surface area (Å²) in [6.45, 7) is 3.03. The van der Waals surface area contributed by atoms with Crippen LogP contribution in [0.25, 0.3) is 11.4 Å². The van der Waals surface area contributed by atoms with Crippen LogP contribution < -0.4 is 4.74 Å². The highest BCUT2D eigenvalue weighted by atomic mass is 32.2. The standard InChI is InChI=1S/C18H17F5N2O2S/c1-3-28-14-5-4-10-24-15(14)13-7-6-12(16(25-13)27-11(2)26)8-9-17(19,20)18(21,22)23/h4-7,10H,3,8-9H2,1-2H3. The zero-order valence-corrected chi connectivity index (χ0v) is 15.8. The molecule has 4 nitrogen and oxygen atoms in total. The zero-order chi connectivity index (χ0) is 20.9. The molecular weight excluding hydrogens is 403 g/mol. The Bertz CT molecular complexity index is 843. The van der Waals surface area contributed by atoms with Crippen molar-refractivity contribution in [2.75, 3.05) is 5.75 Å². The number of ether oxygens (including phenoxy) is 1. The molecule has 0 fully saturated rings. The molecule has 0 spiro atoms.